The average Bonchev–Trinajstić information content (AvgIpc) is 3.13. The minimum absolute atomic E-state index is 0.108. The summed E-state index contributed by atoms with van der Waals surface area (Å²) in [6.45, 7) is 1.02. The predicted octanol–water partition coefficient (Wildman–Crippen LogP) is 3.48. The molecule has 2 aromatic carbocycles. The number of amides is 1. The first kappa shape index (κ1) is 18.3. The summed E-state index contributed by atoms with van der Waals surface area (Å²) >= 11 is 3.23. The van der Waals surface area contributed by atoms with Crippen LogP contribution in [-0.4, -0.2) is 20.7 Å². The zero-order chi connectivity index (χ0) is 18.4. The fraction of sp³-hybridized carbons (Fsp3) is 0.211. The van der Waals surface area contributed by atoms with Crippen molar-refractivity contribution in [3.8, 4) is 0 Å². The van der Waals surface area contributed by atoms with Crippen molar-refractivity contribution >= 4 is 21.8 Å². The number of nitrogens with zero attached hydrogens (tertiary/aromatic N) is 3. The second kappa shape index (κ2) is 8.71. The van der Waals surface area contributed by atoms with Crippen LogP contribution >= 0.6 is 15.9 Å². The van der Waals surface area contributed by atoms with E-state index in [9.17, 15) is 9.18 Å². The maximum absolute atomic E-state index is 13.8. The molecule has 0 bridgehead atoms. The topological polar surface area (TPSA) is 59.8 Å². The Hall–Kier alpha value is -2.54. The molecule has 1 heterocycles. The number of nitrogens with one attached hydrogen (secondary N) is 1. The van der Waals surface area contributed by atoms with E-state index < -0.39 is 0 Å². The Morgan fingerprint density at radius 2 is 1.96 bits per heavy atom. The van der Waals surface area contributed by atoms with Crippen LogP contribution in [-0.2, 0) is 24.3 Å². The fourth-order valence-corrected chi connectivity index (χ4v) is 2.96. The first-order valence-corrected chi connectivity index (χ1v) is 9.01. The van der Waals surface area contributed by atoms with Crippen LogP contribution in [0.4, 0.5) is 4.39 Å². The van der Waals surface area contributed by atoms with E-state index in [0.717, 1.165) is 11.1 Å². The minimum Gasteiger partial charge on any atom is -0.352 e. The van der Waals surface area contributed by atoms with Gasteiger partial charge in [0.2, 0.25) is 5.91 Å². The Bertz CT molecular complexity index is 883. The van der Waals surface area contributed by atoms with Crippen molar-refractivity contribution < 1.29 is 9.18 Å². The smallest absolute Gasteiger partial charge is 0.220 e. The molecule has 3 aromatic rings. The Morgan fingerprint density at radius 1 is 1.15 bits per heavy atom. The molecule has 134 valence electrons. The van der Waals surface area contributed by atoms with Crippen LogP contribution in [0.5, 0.6) is 0 Å². The summed E-state index contributed by atoms with van der Waals surface area (Å²) in [5.41, 5.74) is 2.62. The first-order valence-electron chi connectivity index (χ1n) is 8.21. The lowest BCUT2D eigenvalue weighted by Gasteiger charge is -2.11. The van der Waals surface area contributed by atoms with Crippen LogP contribution in [0.15, 0.2) is 59.6 Å². The van der Waals surface area contributed by atoms with Gasteiger partial charge in [0.05, 0.1) is 6.54 Å². The number of rotatable bonds is 7. The van der Waals surface area contributed by atoms with Gasteiger partial charge >= 0.3 is 0 Å². The zero-order valence-corrected chi connectivity index (χ0v) is 15.6. The lowest BCUT2D eigenvalue weighted by atomic mass is 10.1. The van der Waals surface area contributed by atoms with Crippen molar-refractivity contribution in [2.24, 2.45) is 0 Å². The Labute approximate surface area is 159 Å². The molecule has 3 rings (SSSR count). The molecule has 0 aliphatic carbocycles. The van der Waals surface area contributed by atoms with E-state index >= 15 is 0 Å². The number of halogens is 2. The van der Waals surface area contributed by atoms with E-state index in [4.69, 9.17) is 0 Å². The van der Waals surface area contributed by atoms with Gasteiger partial charge in [-0.2, -0.15) is 5.10 Å². The molecule has 1 aromatic heterocycles. The third kappa shape index (κ3) is 4.98. The SMILES string of the molecule is O=C(CCc1ccc(Br)cc1F)NCc1ccccc1Cn1cncn1. The molecule has 0 unspecified atom stereocenters. The van der Waals surface area contributed by atoms with Gasteiger partial charge in [-0.25, -0.2) is 14.1 Å². The number of aromatic nitrogens is 3. The first-order chi connectivity index (χ1) is 12.6. The highest BCUT2D eigenvalue weighted by Crippen LogP contribution is 2.16. The Morgan fingerprint density at radius 3 is 2.69 bits per heavy atom. The van der Waals surface area contributed by atoms with Crippen molar-refractivity contribution in [2.45, 2.75) is 25.9 Å². The van der Waals surface area contributed by atoms with E-state index in [1.165, 1.54) is 12.4 Å². The largest absolute Gasteiger partial charge is 0.352 e. The Kier molecular flexibility index (Phi) is 6.12. The van der Waals surface area contributed by atoms with Crippen LogP contribution in [0.1, 0.15) is 23.1 Å². The van der Waals surface area contributed by atoms with Gasteiger partial charge in [-0.05, 0) is 35.2 Å². The van der Waals surface area contributed by atoms with Crippen molar-refractivity contribution in [2.75, 3.05) is 0 Å². The molecule has 0 aliphatic rings. The maximum atomic E-state index is 13.8. The molecule has 1 amide bonds. The van der Waals surface area contributed by atoms with Crippen molar-refractivity contribution in [3.63, 3.8) is 0 Å². The van der Waals surface area contributed by atoms with Gasteiger partial charge < -0.3 is 5.32 Å². The van der Waals surface area contributed by atoms with Crippen molar-refractivity contribution in [1.29, 1.82) is 0 Å². The molecular weight excluding hydrogens is 399 g/mol. The fourth-order valence-electron chi connectivity index (χ4n) is 2.63. The van der Waals surface area contributed by atoms with Gasteiger partial charge in [0.25, 0.3) is 0 Å². The van der Waals surface area contributed by atoms with Crippen molar-refractivity contribution in [3.05, 3.63) is 82.1 Å². The molecule has 0 saturated heterocycles. The van der Waals surface area contributed by atoms with Gasteiger partial charge in [0.1, 0.15) is 18.5 Å². The van der Waals surface area contributed by atoms with E-state index in [0.29, 0.717) is 29.5 Å². The molecule has 5 nitrogen and oxygen atoms in total. The van der Waals surface area contributed by atoms with E-state index in [1.54, 1.807) is 23.1 Å². The molecule has 0 spiro atoms. The molecule has 0 aliphatic heterocycles. The summed E-state index contributed by atoms with van der Waals surface area (Å²) in [6.07, 6.45) is 3.75. The molecule has 0 fully saturated rings. The average molecular weight is 417 g/mol. The highest BCUT2D eigenvalue weighted by atomic mass is 79.9. The lowest BCUT2D eigenvalue weighted by molar-refractivity contribution is -0.121. The number of hydrogen-bond acceptors (Lipinski definition) is 3. The third-order valence-electron chi connectivity index (χ3n) is 4.03. The lowest BCUT2D eigenvalue weighted by Crippen LogP contribution is -2.24. The van der Waals surface area contributed by atoms with Crippen LogP contribution in [0, 0.1) is 5.82 Å². The van der Waals surface area contributed by atoms with Crippen LogP contribution in [0.2, 0.25) is 0 Å². The normalized spacial score (nSPS) is 10.7. The third-order valence-corrected chi connectivity index (χ3v) is 4.52. The second-order valence-corrected chi connectivity index (χ2v) is 6.79. The summed E-state index contributed by atoms with van der Waals surface area (Å²) < 4.78 is 16.2. The van der Waals surface area contributed by atoms with Gasteiger partial charge in [-0.15, -0.1) is 0 Å². The van der Waals surface area contributed by atoms with Crippen LogP contribution in [0.25, 0.3) is 0 Å². The summed E-state index contributed by atoms with van der Waals surface area (Å²) in [6, 6.07) is 12.7. The standard InChI is InChI=1S/C19H18BrFN4O/c20-17-7-5-14(18(21)9-17)6-8-19(26)23-10-15-3-1-2-4-16(15)11-25-13-22-12-24-25/h1-5,7,9,12-13H,6,8,10-11H2,(H,23,26). The molecular formula is C19H18BrFN4O. The van der Waals surface area contributed by atoms with Gasteiger partial charge in [0, 0.05) is 17.4 Å². The van der Waals surface area contributed by atoms with Crippen LogP contribution in [0.3, 0.4) is 0 Å². The van der Waals surface area contributed by atoms with Gasteiger partial charge in [-0.1, -0.05) is 46.3 Å². The molecule has 0 saturated carbocycles. The number of hydrogen-bond donors (Lipinski definition) is 1. The monoisotopic (exact) mass is 416 g/mol. The summed E-state index contributed by atoms with van der Waals surface area (Å²) in [5.74, 6) is -0.409. The number of aryl methyl sites for hydroxylation is 1. The van der Waals surface area contributed by atoms with Gasteiger partial charge in [-0.3, -0.25) is 4.79 Å². The summed E-state index contributed by atoms with van der Waals surface area (Å²) in [5, 5.41) is 7.01. The molecule has 0 radical (unpaired) electrons. The zero-order valence-electron chi connectivity index (χ0n) is 14.0. The maximum Gasteiger partial charge on any atom is 0.220 e. The predicted molar refractivity (Wildman–Crippen MR) is 99.8 cm³/mol. The minimum atomic E-state index is -0.301. The molecule has 26 heavy (non-hydrogen) atoms. The summed E-state index contributed by atoms with van der Waals surface area (Å²) in [7, 11) is 0. The molecule has 0 atom stereocenters. The highest BCUT2D eigenvalue weighted by Gasteiger charge is 2.08. The van der Waals surface area contributed by atoms with Gasteiger partial charge in [0.15, 0.2) is 0 Å². The van der Waals surface area contributed by atoms with Crippen molar-refractivity contribution in [1.82, 2.24) is 20.1 Å². The number of benzene rings is 2. The van der Waals surface area contributed by atoms with E-state index in [2.05, 4.69) is 31.3 Å². The second-order valence-electron chi connectivity index (χ2n) is 5.87. The Balaban J connectivity index is 1.54. The number of carbonyl (C=O) groups is 1. The van der Waals surface area contributed by atoms with E-state index in [1.807, 2.05) is 24.3 Å². The summed E-state index contributed by atoms with van der Waals surface area (Å²) in [4.78, 5) is 16.1. The molecule has 7 heteroatoms. The van der Waals surface area contributed by atoms with Crippen LogP contribution < -0.4 is 5.32 Å². The quantitative estimate of drug-likeness (QED) is 0.641. The number of carbonyl (C=O) groups excluding carboxylic acids is 1. The van der Waals surface area contributed by atoms with E-state index in [-0.39, 0.29) is 18.1 Å². The molecule has 1 N–H and O–H groups in total. The highest BCUT2D eigenvalue weighted by molar-refractivity contribution is 9.10.